The maximum absolute atomic E-state index is 14.3. The molecule has 7 nitrogen and oxygen atoms in total. The van der Waals surface area contributed by atoms with Crippen molar-refractivity contribution in [2.45, 2.75) is 39.7 Å². The third-order valence-corrected chi connectivity index (χ3v) is 7.45. The Kier molecular flexibility index (Phi) is 7.59. The summed E-state index contributed by atoms with van der Waals surface area (Å²) in [4.78, 5) is 45.0. The highest BCUT2D eigenvalue weighted by atomic mass is 32.1. The Morgan fingerprint density at radius 3 is 2.50 bits per heavy atom. The van der Waals surface area contributed by atoms with E-state index in [-0.39, 0.29) is 33.7 Å². The Balaban J connectivity index is 1.90. The van der Waals surface area contributed by atoms with Crippen LogP contribution in [0.4, 0.5) is 9.52 Å². The number of amides is 1. The minimum Gasteiger partial charge on any atom is -0.507 e. The third kappa shape index (κ3) is 4.89. The fourth-order valence-electron chi connectivity index (χ4n) is 4.18. The molecule has 9 heteroatoms. The van der Waals surface area contributed by atoms with Crippen LogP contribution < -0.4 is 4.90 Å². The van der Waals surface area contributed by atoms with Crippen molar-refractivity contribution in [3.63, 3.8) is 0 Å². The molecule has 196 valence electrons. The number of esters is 1. The Morgan fingerprint density at radius 1 is 1.21 bits per heavy atom. The summed E-state index contributed by atoms with van der Waals surface area (Å²) in [6, 6.07) is 10.4. The first kappa shape index (κ1) is 26.9. The first-order valence-electron chi connectivity index (χ1n) is 12.0. The Hall–Kier alpha value is -4.11. The summed E-state index contributed by atoms with van der Waals surface area (Å²) in [5.41, 5.74) is 2.17. The lowest BCUT2D eigenvalue weighted by molar-refractivity contribution is -0.132. The molecule has 4 rings (SSSR count). The number of aromatic nitrogens is 1. The van der Waals surface area contributed by atoms with E-state index in [9.17, 15) is 23.9 Å². The van der Waals surface area contributed by atoms with E-state index in [2.05, 4.69) is 11.6 Å². The van der Waals surface area contributed by atoms with Crippen molar-refractivity contribution in [3.05, 3.63) is 99.3 Å². The maximum atomic E-state index is 14.3. The van der Waals surface area contributed by atoms with Crippen molar-refractivity contribution in [3.8, 4) is 0 Å². The zero-order valence-electron chi connectivity index (χ0n) is 21.4. The van der Waals surface area contributed by atoms with E-state index in [0.717, 1.165) is 23.0 Å². The minimum absolute atomic E-state index is 0.00529. The predicted octanol–water partition coefficient (Wildman–Crippen LogP) is 5.99. The number of halogens is 1. The predicted molar refractivity (Wildman–Crippen MR) is 144 cm³/mol. The van der Waals surface area contributed by atoms with E-state index in [0.29, 0.717) is 16.8 Å². The molecule has 1 unspecified atom stereocenters. The average molecular weight is 535 g/mol. The third-order valence-electron chi connectivity index (χ3n) is 6.32. The molecule has 1 saturated heterocycles. The van der Waals surface area contributed by atoms with Gasteiger partial charge in [0.15, 0.2) is 5.13 Å². The number of aryl methyl sites for hydroxylation is 2. The Bertz CT molecular complexity index is 1470. The standard InChI is InChI=1S/C29H27FN2O5S/c1-6-13-37-28(36)26-17(5)31-29(38-26)32-23(19-11-9-18(10-12-19)15(2)3)22(25(34)27(32)35)24(33)20-8-7-16(4)21(30)14-20/h6-12,14-15,23,33H,1,13H2,2-5H3. The molecule has 1 aliphatic heterocycles. The fraction of sp³-hybridized carbons (Fsp3) is 0.241. The summed E-state index contributed by atoms with van der Waals surface area (Å²) in [5.74, 6) is -3.30. The van der Waals surface area contributed by atoms with Gasteiger partial charge in [0.25, 0.3) is 5.78 Å². The SMILES string of the molecule is C=CCOC(=O)c1sc(N2C(=O)C(=O)C(=C(O)c3ccc(C)c(F)c3)C2c2ccc(C(C)C)cc2)nc1C. The maximum Gasteiger partial charge on any atom is 0.350 e. The Morgan fingerprint density at radius 2 is 1.89 bits per heavy atom. The van der Waals surface area contributed by atoms with Gasteiger partial charge in [-0.1, -0.05) is 74.2 Å². The molecular weight excluding hydrogens is 507 g/mol. The summed E-state index contributed by atoms with van der Waals surface area (Å²) in [7, 11) is 0. The van der Waals surface area contributed by atoms with Gasteiger partial charge in [-0.3, -0.25) is 14.5 Å². The van der Waals surface area contributed by atoms with Gasteiger partial charge in [0.2, 0.25) is 0 Å². The number of carbonyl (C=O) groups is 3. The summed E-state index contributed by atoms with van der Waals surface area (Å²) in [6.07, 6.45) is 1.43. The number of carbonyl (C=O) groups excluding carboxylic acids is 3. The lowest BCUT2D eigenvalue weighted by Gasteiger charge is -2.23. The molecular formula is C29H27FN2O5S. The summed E-state index contributed by atoms with van der Waals surface area (Å²) >= 11 is 0.910. The highest BCUT2D eigenvalue weighted by molar-refractivity contribution is 7.17. The fourth-order valence-corrected chi connectivity index (χ4v) is 5.17. The van der Waals surface area contributed by atoms with E-state index in [1.807, 2.05) is 26.0 Å². The van der Waals surface area contributed by atoms with Crippen molar-refractivity contribution < 1.29 is 28.6 Å². The van der Waals surface area contributed by atoms with Crippen LogP contribution in [-0.4, -0.2) is 34.4 Å². The second-order valence-corrected chi connectivity index (χ2v) is 10.2. The van der Waals surface area contributed by atoms with Crippen LogP contribution in [0.5, 0.6) is 0 Å². The molecule has 1 N–H and O–H groups in total. The number of rotatable bonds is 7. The van der Waals surface area contributed by atoms with Gasteiger partial charge in [0, 0.05) is 5.56 Å². The molecule has 1 amide bonds. The smallest absolute Gasteiger partial charge is 0.350 e. The van der Waals surface area contributed by atoms with Gasteiger partial charge in [0.1, 0.15) is 23.1 Å². The van der Waals surface area contributed by atoms with Gasteiger partial charge in [-0.05, 0) is 42.5 Å². The van der Waals surface area contributed by atoms with Gasteiger partial charge in [-0.25, -0.2) is 14.2 Å². The van der Waals surface area contributed by atoms with Crippen LogP contribution >= 0.6 is 11.3 Å². The van der Waals surface area contributed by atoms with E-state index in [1.54, 1.807) is 26.0 Å². The second-order valence-electron chi connectivity index (χ2n) is 9.25. The van der Waals surface area contributed by atoms with Crippen LogP contribution in [0.1, 0.15) is 63.4 Å². The van der Waals surface area contributed by atoms with E-state index in [4.69, 9.17) is 4.74 Å². The zero-order valence-corrected chi connectivity index (χ0v) is 22.3. The zero-order chi connectivity index (χ0) is 27.7. The van der Waals surface area contributed by atoms with Crippen molar-refractivity contribution in [1.29, 1.82) is 0 Å². The number of thiazole rings is 1. The van der Waals surface area contributed by atoms with E-state index < -0.39 is 35.3 Å². The van der Waals surface area contributed by atoms with Crippen molar-refractivity contribution in [1.82, 2.24) is 4.98 Å². The number of hydrogen-bond donors (Lipinski definition) is 1. The summed E-state index contributed by atoms with van der Waals surface area (Å²) < 4.78 is 19.5. The normalized spacial score (nSPS) is 16.8. The molecule has 38 heavy (non-hydrogen) atoms. The lowest BCUT2D eigenvalue weighted by atomic mass is 9.93. The number of hydrogen-bond acceptors (Lipinski definition) is 7. The van der Waals surface area contributed by atoms with Crippen LogP contribution in [-0.2, 0) is 14.3 Å². The van der Waals surface area contributed by atoms with E-state index in [1.165, 1.54) is 23.1 Å². The lowest BCUT2D eigenvalue weighted by Crippen LogP contribution is -2.29. The average Bonchev–Trinajstić information content (AvgIpc) is 3.40. The topological polar surface area (TPSA) is 96.8 Å². The Labute approximate surface area is 223 Å². The van der Waals surface area contributed by atoms with Gasteiger partial charge in [-0.15, -0.1) is 0 Å². The number of benzene rings is 2. The van der Waals surface area contributed by atoms with Gasteiger partial charge in [-0.2, -0.15) is 0 Å². The van der Waals surface area contributed by atoms with Crippen LogP contribution in [0.3, 0.4) is 0 Å². The van der Waals surface area contributed by atoms with Crippen molar-refractivity contribution in [2.24, 2.45) is 0 Å². The molecule has 1 aromatic heterocycles. The molecule has 2 aromatic carbocycles. The molecule has 0 radical (unpaired) electrons. The largest absolute Gasteiger partial charge is 0.507 e. The first-order valence-corrected chi connectivity index (χ1v) is 12.8. The quantitative estimate of drug-likeness (QED) is 0.131. The molecule has 2 heterocycles. The first-order chi connectivity index (χ1) is 18.0. The number of Topliss-reactive ketones (excluding diaryl/α,β-unsaturated/α-hetero) is 1. The van der Waals surface area contributed by atoms with E-state index >= 15 is 0 Å². The molecule has 0 aliphatic carbocycles. The molecule has 1 fully saturated rings. The molecule has 1 atom stereocenters. The van der Waals surface area contributed by atoms with Gasteiger partial charge < -0.3 is 9.84 Å². The second kappa shape index (κ2) is 10.7. The molecule has 0 spiro atoms. The monoisotopic (exact) mass is 534 g/mol. The van der Waals surface area contributed by atoms with Crippen LogP contribution in [0, 0.1) is 19.7 Å². The van der Waals surface area contributed by atoms with Gasteiger partial charge >= 0.3 is 11.9 Å². The van der Waals surface area contributed by atoms with Crippen LogP contribution in [0.25, 0.3) is 5.76 Å². The summed E-state index contributed by atoms with van der Waals surface area (Å²) in [5, 5.41) is 11.3. The molecule has 0 saturated carbocycles. The highest BCUT2D eigenvalue weighted by Gasteiger charge is 2.48. The minimum atomic E-state index is -1.05. The summed E-state index contributed by atoms with van der Waals surface area (Å²) in [6.45, 7) is 10.8. The van der Waals surface area contributed by atoms with Crippen LogP contribution in [0.2, 0.25) is 0 Å². The van der Waals surface area contributed by atoms with Crippen LogP contribution in [0.15, 0.2) is 60.7 Å². The number of ether oxygens (including phenoxy) is 1. The number of ketones is 1. The number of anilines is 1. The number of aliphatic hydroxyl groups excluding tert-OH is 1. The van der Waals surface area contributed by atoms with Gasteiger partial charge in [0.05, 0.1) is 17.3 Å². The molecule has 1 aliphatic rings. The molecule has 3 aromatic rings. The van der Waals surface area contributed by atoms with Crippen molar-refractivity contribution in [2.75, 3.05) is 11.5 Å². The number of aliphatic hydroxyl groups is 1. The highest BCUT2D eigenvalue weighted by Crippen LogP contribution is 2.44. The molecule has 0 bridgehead atoms. The number of nitrogens with zero attached hydrogens (tertiary/aromatic N) is 2. The van der Waals surface area contributed by atoms with Crippen molar-refractivity contribution >= 4 is 39.9 Å².